The lowest BCUT2D eigenvalue weighted by Gasteiger charge is -2.27. The SMILES string of the molecule is CC1CCc2ccccc2C1.CN(C)C1CCCCC1. The molecule has 0 aliphatic heterocycles. The van der Waals surface area contributed by atoms with Crippen LogP contribution in [0.1, 0.15) is 56.6 Å². The Morgan fingerprint density at radius 2 is 1.55 bits per heavy atom. The van der Waals surface area contributed by atoms with E-state index in [2.05, 4.69) is 50.2 Å². The van der Waals surface area contributed by atoms with Gasteiger partial charge in [-0.3, -0.25) is 0 Å². The van der Waals surface area contributed by atoms with E-state index in [9.17, 15) is 0 Å². The highest BCUT2D eigenvalue weighted by Crippen LogP contribution is 2.24. The molecule has 0 spiro atoms. The van der Waals surface area contributed by atoms with Crippen LogP contribution in [0.25, 0.3) is 0 Å². The van der Waals surface area contributed by atoms with E-state index in [0.29, 0.717) is 0 Å². The summed E-state index contributed by atoms with van der Waals surface area (Å²) in [6.45, 7) is 2.34. The van der Waals surface area contributed by atoms with Crippen molar-refractivity contribution in [1.82, 2.24) is 4.90 Å². The molecule has 112 valence electrons. The molecule has 1 nitrogen and oxygen atoms in total. The van der Waals surface area contributed by atoms with Crippen LogP contribution in [0.3, 0.4) is 0 Å². The highest BCUT2D eigenvalue weighted by Gasteiger charge is 2.14. The molecule has 1 heteroatoms. The van der Waals surface area contributed by atoms with E-state index in [1.54, 1.807) is 11.1 Å². The largest absolute Gasteiger partial charge is 0.306 e. The lowest BCUT2D eigenvalue weighted by molar-refractivity contribution is 0.229. The third-order valence-corrected chi connectivity index (χ3v) is 4.90. The first-order chi connectivity index (χ1) is 9.66. The van der Waals surface area contributed by atoms with Crippen LogP contribution in [-0.4, -0.2) is 25.0 Å². The van der Waals surface area contributed by atoms with Gasteiger partial charge in [-0.25, -0.2) is 0 Å². The van der Waals surface area contributed by atoms with Gasteiger partial charge in [-0.2, -0.15) is 0 Å². The Hall–Kier alpha value is -0.820. The molecule has 2 aliphatic rings. The van der Waals surface area contributed by atoms with Crippen LogP contribution in [0, 0.1) is 5.92 Å². The molecule has 0 heterocycles. The number of rotatable bonds is 1. The molecule has 1 saturated carbocycles. The van der Waals surface area contributed by atoms with Gasteiger partial charge >= 0.3 is 0 Å². The Kier molecular flexibility index (Phi) is 6.09. The van der Waals surface area contributed by atoms with E-state index < -0.39 is 0 Å². The maximum absolute atomic E-state index is 2.36. The lowest BCUT2D eigenvalue weighted by Crippen LogP contribution is -2.29. The van der Waals surface area contributed by atoms with Crippen LogP contribution < -0.4 is 0 Å². The van der Waals surface area contributed by atoms with E-state index in [0.717, 1.165) is 12.0 Å². The Balaban J connectivity index is 0.000000151. The van der Waals surface area contributed by atoms with Gasteiger partial charge in [-0.1, -0.05) is 50.5 Å². The Labute approximate surface area is 125 Å². The standard InChI is InChI=1S/C11H14.C8H17N/c1-9-6-7-10-4-2-3-5-11(10)8-9;1-9(2)8-6-4-3-5-7-8/h2-5,9H,6-8H2,1H3;8H,3-7H2,1-2H3. The van der Waals surface area contributed by atoms with Gasteiger partial charge in [0, 0.05) is 6.04 Å². The predicted molar refractivity (Wildman–Crippen MR) is 88.2 cm³/mol. The Bertz CT molecular complexity index is 391. The topological polar surface area (TPSA) is 3.24 Å². The number of hydrogen-bond donors (Lipinski definition) is 0. The minimum absolute atomic E-state index is 0.888. The molecule has 2 aliphatic carbocycles. The van der Waals surface area contributed by atoms with Gasteiger partial charge in [0.15, 0.2) is 0 Å². The van der Waals surface area contributed by atoms with Crippen molar-refractivity contribution in [2.75, 3.05) is 14.1 Å². The first kappa shape index (κ1) is 15.6. The summed E-state index contributed by atoms with van der Waals surface area (Å²) >= 11 is 0. The first-order valence-electron chi connectivity index (χ1n) is 8.40. The third-order valence-electron chi connectivity index (χ3n) is 4.90. The van der Waals surface area contributed by atoms with Crippen LogP contribution in [-0.2, 0) is 12.8 Å². The molecule has 0 bridgehead atoms. The van der Waals surface area contributed by atoms with E-state index in [1.807, 2.05) is 0 Å². The fraction of sp³-hybridized carbons (Fsp3) is 0.684. The zero-order valence-electron chi connectivity index (χ0n) is 13.6. The Morgan fingerprint density at radius 1 is 0.900 bits per heavy atom. The molecule has 1 fully saturated rings. The molecule has 0 saturated heterocycles. The van der Waals surface area contributed by atoms with Crippen LogP contribution in [0.4, 0.5) is 0 Å². The van der Waals surface area contributed by atoms with Crippen molar-refractivity contribution < 1.29 is 0 Å². The first-order valence-corrected chi connectivity index (χ1v) is 8.40. The van der Waals surface area contributed by atoms with Gasteiger partial charge in [0.1, 0.15) is 0 Å². The monoisotopic (exact) mass is 273 g/mol. The molecule has 3 rings (SSSR count). The molecule has 20 heavy (non-hydrogen) atoms. The summed E-state index contributed by atoms with van der Waals surface area (Å²) in [6, 6.07) is 9.72. The number of nitrogens with zero attached hydrogens (tertiary/aromatic N) is 1. The summed E-state index contributed by atoms with van der Waals surface area (Å²) < 4.78 is 0. The predicted octanol–water partition coefficient (Wildman–Crippen LogP) is 4.69. The van der Waals surface area contributed by atoms with E-state index in [-0.39, 0.29) is 0 Å². The fourth-order valence-corrected chi connectivity index (χ4v) is 3.48. The van der Waals surface area contributed by atoms with Crippen molar-refractivity contribution in [1.29, 1.82) is 0 Å². The zero-order chi connectivity index (χ0) is 14.4. The number of hydrogen-bond acceptors (Lipinski definition) is 1. The minimum Gasteiger partial charge on any atom is -0.306 e. The lowest BCUT2D eigenvalue weighted by atomic mass is 9.85. The summed E-state index contributed by atoms with van der Waals surface area (Å²) in [6.07, 6.45) is 11.2. The number of benzene rings is 1. The number of aryl methyl sites for hydroxylation is 1. The van der Waals surface area contributed by atoms with Crippen LogP contribution >= 0.6 is 0 Å². The second kappa shape index (κ2) is 7.83. The van der Waals surface area contributed by atoms with Crippen LogP contribution in [0.2, 0.25) is 0 Å². The van der Waals surface area contributed by atoms with Crippen molar-refractivity contribution in [2.24, 2.45) is 5.92 Å². The molecule has 0 amide bonds. The molecular weight excluding hydrogens is 242 g/mol. The van der Waals surface area contributed by atoms with Gasteiger partial charge in [-0.05, 0) is 63.2 Å². The van der Waals surface area contributed by atoms with Gasteiger partial charge in [-0.15, -0.1) is 0 Å². The molecule has 1 atom stereocenters. The molecule has 0 N–H and O–H groups in total. The van der Waals surface area contributed by atoms with Crippen molar-refractivity contribution in [3.05, 3.63) is 35.4 Å². The highest BCUT2D eigenvalue weighted by molar-refractivity contribution is 5.29. The quantitative estimate of drug-likeness (QED) is 0.717. The van der Waals surface area contributed by atoms with Crippen LogP contribution in [0.5, 0.6) is 0 Å². The van der Waals surface area contributed by atoms with Crippen LogP contribution in [0.15, 0.2) is 24.3 Å². The van der Waals surface area contributed by atoms with E-state index in [1.165, 1.54) is 51.4 Å². The zero-order valence-corrected chi connectivity index (χ0v) is 13.6. The molecule has 1 unspecified atom stereocenters. The van der Waals surface area contributed by atoms with Crippen molar-refractivity contribution in [3.8, 4) is 0 Å². The maximum atomic E-state index is 2.36. The maximum Gasteiger partial charge on any atom is 0.00891 e. The second-order valence-corrected chi connectivity index (χ2v) is 6.87. The fourth-order valence-electron chi connectivity index (χ4n) is 3.48. The van der Waals surface area contributed by atoms with Gasteiger partial charge in [0.2, 0.25) is 0 Å². The smallest absolute Gasteiger partial charge is 0.00891 e. The van der Waals surface area contributed by atoms with Crippen molar-refractivity contribution in [2.45, 2.75) is 64.3 Å². The summed E-state index contributed by atoms with van der Waals surface area (Å²) in [7, 11) is 4.38. The summed E-state index contributed by atoms with van der Waals surface area (Å²) in [5.41, 5.74) is 3.15. The normalized spacial score (nSPS) is 22.9. The van der Waals surface area contributed by atoms with Gasteiger partial charge < -0.3 is 4.90 Å². The summed E-state index contributed by atoms with van der Waals surface area (Å²) in [4.78, 5) is 2.36. The van der Waals surface area contributed by atoms with Gasteiger partial charge in [0.25, 0.3) is 0 Å². The van der Waals surface area contributed by atoms with Crippen molar-refractivity contribution >= 4 is 0 Å². The molecule has 1 aromatic carbocycles. The van der Waals surface area contributed by atoms with E-state index in [4.69, 9.17) is 0 Å². The molecule has 1 aromatic rings. The second-order valence-electron chi connectivity index (χ2n) is 6.87. The van der Waals surface area contributed by atoms with E-state index >= 15 is 0 Å². The average molecular weight is 273 g/mol. The molecule has 0 radical (unpaired) electrons. The van der Waals surface area contributed by atoms with Gasteiger partial charge in [0.05, 0.1) is 0 Å². The third kappa shape index (κ3) is 4.63. The average Bonchev–Trinajstić information content (AvgIpc) is 2.48. The molecular formula is C19H31N. The number of fused-ring (bicyclic) bond motifs is 1. The van der Waals surface area contributed by atoms with Crippen molar-refractivity contribution in [3.63, 3.8) is 0 Å². The minimum atomic E-state index is 0.888. The molecule has 0 aromatic heterocycles. The summed E-state index contributed by atoms with van der Waals surface area (Å²) in [5, 5.41) is 0. The summed E-state index contributed by atoms with van der Waals surface area (Å²) in [5.74, 6) is 0.893. The highest BCUT2D eigenvalue weighted by atomic mass is 15.1. The Morgan fingerprint density at radius 3 is 2.15 bits per heavy atom.